The van der Waals surface area contributed by atoms with Crippen LogP contribution in [0.3, 0.4) is 0 Å². The van der Waals surface area contributed by atoms with Crippen LogP contribution in [0.2, 0.25) is 0 Å². The fraction of sp³-hybridized carbons (Fsp3) is 0.273. The van der Waals surface area contributed by atoms with Crippen molar-refractivity contribution < 1.29 is 18.7 Å². The minimum Gasteiger partial charge on any atom is -0.478 e. The van der Waals surface area contributed by atoms with Gasteiger partial charge >= 0.3 is 5.63 Å². The summed E-state index contributed by atoms with van der Waals surface area (Å²) in [5, 5.41) is 0.795. The largest absolute Gasteiger partial charge is 0.478 e. The normalized spacial score (nSPS) is 12.0. The Kier molecular flexibility index (Phi) is 5.80. The average molecular weight is 381 g/mol. The Balaban J connectivity index is 2.04. The van der Waals surface area contributed by atoms with Crippen molar-refractivity contribution in [2.45, 2.75) is 13.0 Å². The standard InChI is InChI=1S/C22H23NO5/c1-14-7-5-6-8-16(14)18-12-21(24)28-19-11-15(9-10-17(18)19)27-20(13-26-4)22(25)23(2)3/h5-12,20H,13H2,1-4H3/t20-/m1/s1. The van der Waals surface area contributed by atoms with Crippen LogP contribution in [0.15, 0.2) is 57.7 Å². The molecule has 1 amide bonds. The van der Waals surface area contributed by atoms with Gasteiger partial charge in [-0.3, -0.25) is 4.79 Å². The second kappa shape index (κ2) is 8.27. The zero-order valence-corrected chi connectivity index (χ0v) is 16.4. The van der Waals surface area contributed by atoms with Gasteiger partial charge in [0.15, 0.2) is 6.10 Å². The molecule has 0 spiro atoms. The molecule has 0 fully saturated rings. The molecule has 6 heteroatoms. The molecular weight excluding hydrogens is 358 g/mol. The fourth-order valence-corrected chi connectivity index (χ4v) is 3.07. The number of ether oxygens (including phenoxy) is 2. The van der Waals surface area contributed by atoms with Gasteiger partial charge in [0, 0.05) is 44.3 Å². The van der Waals surface area contributed by atoms with Crippen molar-refractivity contribution in [2.75, 3.05) is 27.8 Å². The van der Waals surface area contributed by atoms with Gasteiger partial charge in [0.05, 0.1) is 6.61 Å². The first-order chi connectivity index (χ1) is 13.4. The average Bonchev–Trinajstić information content (AvgIpc) is 2.66. The lowest BCUT2D eigenvalue weighted by Crippen LogP contribution is -2.40. The molecule has 0 saturated heterocycles. The third kappa shape index (κ3) is 4.07. The summed E-state index contributed by atoms with van der Waals surface area (Å²) in [4.78, 5) is 25.9. The van der Waals surface area contributed by atoms with Crippen molar-refractivity contribution in [3.8, 4) is 16.9 Å². The third-order valence-corrected chi connectivity index (χ3v) is 4.46. The molecule has 1 heterocycles. The van der Waals surface area contributed by atoms with Gasteiger partial charge < -0.3 is 18.8 Å². The van der Waals surface area contributed by atoms with Crippen LogP contribution in [0.25, 0.3) is 22.1 Å². The summed E-state index contributed by atoms with van der Waals surface area (Å²) in [6.45, 7) is 2.11. The highest BCUT2D eigenvalue weighted by atomic mass is 16.5. The quantitative estimate of drug-likeness (QED) is 0.613. The lowest BCUT2D eigenvalue weighted by molar-refractivity contribution is -0.138. The number of rotatable bonds is 6. The van der Waals surface area contributed by atoms with Crippen molar-refractivity contribution in [3.05, 3.63) is 64.5 Å². The Hall–Kier alpha value is -3.12. The van der Waals surface area contributed by atoms with Gasteiger partial charge in [-0.25, -0.2) is 4.79 Å². The summed E-state index contributed by atoms with van der Waals surface area (Å²) in [7, 11) is 4.82. The van der Waals surface area contributed by atoms with E-state index in [-0.39, 0.29) is 12.5 Å². The highest BCUT2D eigenvalue weighted by Crippen LogP contribution is 2.31. The van der Waals surface area contributed by atoms with E-state index in [2.05, 4.69) is 0 Å². The molecule has 0 saturated carbocycles. The van der Waals surface area contributed by atoms with Crippen molar-refractivity contribution in [3.63, 3.8) is 0 Å². The van der Waals surface area contributed by atoms with Crippen LogP contribution in [-0.2, 0) is 9.53 Å². The number of methoxy groups -OCH3 is 1. The Morgan fingerprint density at radius 3 is 2.54 bits per heavy atom. The molecule has 3 rings (SSSR count). The molecule has 0 unspecified atom stereocenters. The number of hydrogen-bond acceptors (Lipinski definition) is 5. The third-order valence-electron chi connectivity index (χ3n) is 4.46. The highest BCUT2D eigenvalue weighted by Gasteiger charge is 2.22. The van der Waals surface area contributed by atoms with E-state index in [1.807, 2.05) is 37.3 Å². The number of benzene rings is 2. The second-order valence-electron chi connectivity index (χ2n) is 6.75. The van der Waals surface area contributed by atoms with E-state index >= 15 is 0 Å². The molecule has 1 aromatic heterocycles. The molecule has 0 aliphatic heterocycles. The number of carbonyl (C=O) groups is 1. The molecule has 0 radical (unpaired) electrons. The Morgan fingerprint density at radius 2 is 1.86 bits per heavy atom. The second-order valence-corrected chi connectivity index (χ2v) is 6.75. The number of nitrogens with zero attached hydrogens (tertiary/aromatic N) is 1. The van der Waals surface area contributed by atoms with Crippen LogP contribution in [0, 0.1) is 6.92 Å². The van der Waals surface area contributed by atoms with Gasteiger partial charge in [-0.05, 0) is 30.2 Å². The molecule has 28 heavy (non-hydrogen) atoms. The number of hydrogen-bond donors (Lipinski definition) is 0. The summed E-state index contributed by atoms with van der Waals surface area (Å²) in [5.41, 5.74) is 2.78. The smallest absolute Gasteiger partial charge is 0.336 e. The maximum absolute atomic E-state index is 12.3. The Morgan fingerprint density at radius 1 is 1.11 bits per heavy atom. The predicted molar refractivity (Wildman–Crippen MR) is 108 cm³/mol. The van der Waals surface area contributed by atoms with E-state index in [0.29, 0.717) is 11.3 Å². The van der Waals surface area contributed by atoms with Crippen LogP contribution in [0.4, 0.5) is 0 Å². The summed E-state index contributed by atoms with van der Waals surface area (Å²) < 4.78 is 16.3. The topological polar surface area (TPSA) is 69.0 Å². The van der Waals surface area contributed by atoms with Gasteiger partial charge in [-0.2, -0.15) is 0 Å². The Labute approximate surface area is 163 Å². The zero-order valence-electron chi connectivity index (χ0n) is 16.4. The lowest BCUT2D eigenvalue weighted by atomic mass is 9.98. The first-order valence-electron chi connectivity index (χ1n) is 8.91. The van der Waals surface area contributed by atoms with Gasteiger partial charge in [0.25, 0.3) is 5.91 Å². The number of amides is 1. The monoisotopic (exact) mass is 381 g/mol. The van der Waals surface area contributed by atoms with Gasteiger partial charge in [0.1, 0.15) is 11.3 Å². The van der Waals surface area contributed by atoms with E-state index in [9.17, 15) is 9.59 Å². The van der Waals surface area contributed by atoms with Crippen LogP contribution < -0.4 is 10.4 Å². The first kappa shape index (κ1) is 19.6. The van der Waals surface area contributed by atoms with Crippen molar-refractivity contribution in [1.29, 1.82) is 0 Å². The number of likely N-dealkylation sites (N-methyl/N-ethyl adjacent to an activating group) is 1. The van der Waals surface area contributed by atoms with Crippen molar-refractivity contribution >= 4 is 16.9 Å². The lowest BCUT2D eigenvalue weighted by Gasteiger charge is -2.21. The maximum Gasteiger partial charge on any atom is 0.336 e. The van der Waals surface area contributed by atoms with Gasteiger partial charge in [-0.15, -0.1) is 0 Å². The van der Waals surface area contributed by atoms with E-state index < -0.39 is 11.7 Å². The molecule has 0 aliphatic rings. The number of fused-ring (bicyclic) bond motifs is 1. The summed E-state index contributed by atoms with van der Waals surface area (Å²) in [6.07, 6.45) is -0.788. The SMILES string of the molecule is COC[C@@H](Oc1ccc2c(-c3ccccc3C)cc(=O)oc2c1)C(=O)N(C)C. The van der Waals surface area contributed by atoms with Gasteiger partial charge in [-0.1, -0.05) is 24.3 Å². The Bertz CT molecular complexity index is 1050. The molecule has 2 aromatic carbocycles. The molecule has 0 N–H and O–H groups in total. The van der Waals surface area contributed by atoms with E-state index in [0.717, 1.165) is 22.1 Å². The minimum atomic E-state index is -0.788. The molecule has 3 aromatic rings. The summed E-state index contributed by atoms with van der Waals surface area (Å²) in [6, 6.07) is 14.6. The van der Waals surface area contributed by atoms with E-state index in [1.165, 1.54) is 18.1 Å². The minimum absolute atomic E-state index is 0.113. The van der Waals surface area contributed by atoms with Crippen LogP contribution in [-0.4, -0.2) is 44.7 Å². The zero-order chi connectivity index (χ0) is 20.3. The van der Waals surface area contributed by atoms with Gasteiger partial charge in [0.2, 0.25) is 0 Å². The number of carbonyl (C=O) groups excluding carboxylic acids is 1. The van der Waals surface area contributed by atoms with Crippen molar-refractivity contribution in [1.82, 2.24) is 4.90 Å². The first-order valence-corrected chi connectivity index (χ1v) is 8.91. The van der Waals surface area contributed by atoms with Crippen LogP contribution in [0.1, 0.15) is 5.56 Å². The molecule has 0 bridgehead atoms. The summed E-state index contributed by atoms with van der Waals surface area (Å²) >= 11 is 0. The molecule has 0 aliphatic carbocycles. The summed E-state index contributed by atoms with van der Waals surface area (Å²) in [5.74, 6) is 0.215. The number of aryl methyl sites for hydroxylation is 1. The molecule has 6 nitrogen and oxygen atoms in total. The van der Waals surface area contributed by atoms with Crippen LogP contribution >= 0.6 is 0 Å². The maximum atomic E-state index is 12.3. The predicted octanol–water partition coefficient (Wildman–Crippen LogP) is 3.25. The van der Waals surface area contributed by atoms with E-state index in [4.69, 9.17) is 13.9 Å². The van der Waals surface area contributed by atoms with Crippen molar-refractivity contribution in [2.24, 2.45) is 0 Å². The molecule has 146 valence electrons. The molecular formula is C22H23NO5. The fourth-order valence-electron chi connectivity index (χ4n) is 3.07. The highest BCUT2D eigenvalue weighted by molar-refractivity contribution is 5.94. The van der Waals surface area contributed by atoms with E-state index in [1.54, 1.807) is 26.2 Å². The van der Waals surface area contributed by atoms with Crippen LogP contribution in [0.5, 0.6) is 5.75 Å². The molecule has 1 atom stereocenters.